The van der Waals surface area contributed by atoms with Crippen LogP contribution in [0.2, 0.25) is 0 Å². The summed E-state index contributed by atoms with van der Waals surface area (Å²) in [6, 6.07) is 10.5. The van der Waals surface area contributed by atoms with Crippen molar-refractivity contribution in [3.63, 3.8) is 0 Å². The molecule has 112 valence electrons. The second-order valence-electron chi connectivity index (χ2n) is 4.90. The molecule has 3 nitrogen and oxygen atoms in total. The van der Waals surface area contributed by atoms with Crippen LogP contribution in [0.25, 0.3) is 0 Å². The van der Waals surface area contributed by atoms with E-state index in [0.717, 1.165) is 34.4 Å². The average Bonchev–Trinajstić information content (AvgIpc) is 2.45. The van der Waals surface area contributed by atoms with Crippen LogP contribution in [-0.2, 0) is 13.1 Å². The highest BCUT2D eigenvalue weighted by Crippen LogP contribution is 2.23. The predicted octanol–water partition coefficient (Wildman–Crippen LogP) is 4.35. The molecule has 0 amide bonds. The maximum Gasteiger partial charge on any atom is 0.133 e. The van der Waals surface area contributed by atoms with Gasteiger partial charge in [0.1, 0.15) is 5.82 Å². The van der Waals surface area contributed by atoms with Crippen LogP contribution in [-0.4, -0.2) is 18.6 Å². The Labute approximate surface area is 143 Å². The van der Waals surface area contributed by atoms with Crippen LogP contribution in [0.3, 0.4) is 0 Å². The van der Waals surface area contributed by atoms with Gasteiger partial charge in [0.25, 0.3) is 0 Å². The fraction of sp³-hybridized carbons (Fsp3) is 0.312. The molecule has 1 N–H and O–H groups in total. The summed E-state index contributed by atoms with van der Waals surface area (Å²) in [5.41, 5.74) is 2.45. The molecule has 0 saturated heterocycles. The first-order chi connectivity index (χ1) is 10.1. The zero-order valence-electron chi connectivity index (χ0n) is 12.2. The molecule has 0 spiro atoms. The van der Waals surface area contributed by atoms with Crippen molar-refractivity contribution in [1.82, 2.24) is 10.3 Å². The Kier molecular flexibility index (Phi) is 6.21. The first kappa shape index (κ1) is 16.5. The molecule has 0 aliphatic carbocycles. The van der Waals surface area contributed by atoms with Crippen molar-refractivity contribution >= 4 is 37.7 Å². The molecule has 0 bridgehead atoms. The van der Waals surface area contributed by atoms with Gasteiger partial charge in [0.15, 0.2) is 0 Å². The van der Waals surface area contributed by atoms with Crippen molar-refractivity contribution in [2.75, 3.05) is 18.5 Å². The smallest absolute Gasteiger partial charge is 0.133 e. The number of aromatic nitrogens is 1. The second-order valence-corrected chi connectivity index (χ2v) is 6.73. The molecule has 0 aliphatic rings. The Morgan fingerprint density at radius 3 is 2.71 bits per heavy atom. The molecule has 2 aromatic rings. The van der Waals surface area contributed by atoms with Gasteiger partial charge in [-0.15, -0.1) is 0 Å². The monoisotopic (exact) mass is 411 g/mol. The first-order valence-corrected chi connectivity index (χ1v) is 8.49. The molecule has 0 radical (unpaired) electrons. The molecule has 1 aromatic carbocycles. The summed E-state index contributed by atoms with van der Waals surface area (Å²) in [5.74, 6) is 1.01. The van der Waals surface area contributed by atoms with Gasteiger partial charge in [-0.05, 0) is 46.2 Å². The maximum absolute atomic E-state index is 4.58. The van der Waals surface area contributed by atoms with Gasteiger partial charge in [-0.1, -0.05) is 35.0 Å². The molecule has 1 heterocycles. The van der Waals surface area contributed by atoms with E-state index < -0.39 is 0 Å². The summed E-state index contributed by atoms with van der Waals surface area (Å²) in [6.45, 7) is 4.70. The van der Waals surface area contributed by atoms with E-state index in [1.165, 1.54) is 11.1 Å². The van der Waals surface area contributed by atoms with E-state index in [4.69, 9.17) is 0 Å². The number of nitrogens with one attached hydrogen (secondary N) is 1. The minimum atomic E-state index is 0.821. The van der Waals surface area contributed by atoms with Gasteiger partial charge in [0, 0.05) is 40.8 Å². The standard InChI is InChI=1S/C16H19Br2N3/c1-3-19-9-13-8-15(18)10-20-16(13)21(2)11-12-5-4-6-14(17)7-12/h4-8,10,19H,3,9,11H2,1-2H3. The third-order valence-electron chi connectivity index (χ3n) is 3.15. The van der Waals surface area contributed by atoms with Gasteiger partial charge >= 0.3 is 0 Å². The lowest BCUT2D eigenvalue weighted by Gasteiger charge is -2.22. The summed E-state index contributed by atoms with van der Waals surface area (Å²) in [7, 11) is 2.08. The molecular weight excluding hydrogens is 394 g/mol. The van der Waals surface area contributed by atoms with Crippen molar-refractivity contribution in [3.05, 3.63) is 56.6 Å². The van der Waals surface area contributed by atoms with Crippen LogP contribution in [0.15, 0.2) is 45.5 Å². The second kappa shape index (κ2) is 7.92. The van der Waals surface area contributed by atoms with Gasteiger partial charge < -0.3 is 10.2 Å². The fourth-order valence-electron chi connectivity index (χ4n) is 2.19. The highest BCUT2D eigenvalue weighted by molar-refractivity contribution is 9.10. The van der Waals surface area contributed by atoms with Gasteiger partial charge in [0.2, 0.25) is 0 Å². The van der Waals surface area contributed by atoms with Crippen molar-refractivity contribution in [1.29, 1.82) is 0 Å². The third-order valence-corrected chi connectivity index (χ3v) is 4.07. The fourth-order valence-corrected chi connectivity index (χ4v) is 3.02. The molecule has 5 heteroatoms. The Morgan fingerprint density at radius 1 is 1.19 bits per heavy atom. The van der Waals surface area contributed by atoms with E-state index >= 15 is 0 Å². The van der Waals surface area contributed by atoms with Crippen LogP contribution in [0, 0.1) is 0 Å². The topological polar surface area (TPSA) is 28.2 Å². The zero-order valence-corrected chi connectivity index (χ0v) is 15.4. The highest BCUT2D eigenvalue weighted by Gasteiger charge is 2.10. The third kappa shape index (κ3) is 4.80. The number of anilines is 1. The predicted molar refractivity (Wildman–Crippen MR) is 95.6 cm³/mol. The van der Waals surface area contributed by atoms with Crippen molar-refractivity contribution < 1.29 is 0 Å². The minimum Gasteiger partial charge on any atom is -0.355 e. The summed E-state index contributed by atoms with van der Waals surface area (Å²) >= 11 is 7.01. The Balaban J connectivity index is 2.19. The van der Waals surface area contributed by atoms with Gasteiger partial charge in [-0.3, -0.25) is 0 Å². The van der Waals surface area contributed by atoms with Crippen LogP contribution in [0.1, 0.15) is 18.1 Å². The Morgan fingerprint density at radius 2 is 2.00 bits per heavy atom. The van der Waals surface area contributed by atoms with Gasteiger partial charge in [0.05, 0.1) is 0 Å². The van der Waals surface area contributed by atoms with Crippen molar-refractivity contribution in [2.24, 2.45) is 0 Å². The van der Waals surface area contributed by atoms with E-state index in [0.29, 0.717) is 0 Å². The summed E-state index contributed by atoms with van der Waals surface area (Å²) in [4.78, 5) is 6.76. The van der Waals surface area contributed by atoms with E-state index in [-0.39, 0.29) is 0 Å². The number of halogens is 2. The minimum absolute atomic E-state index is 0.821. The molecule has 0 atom stereocenters. The molecular formula is C16H19Br2N3. The SMILES string of the molecule is CCNCc1cc(Br)cnc1N(C)Cc1cccc(Br)c1. The Bertz CT molecular complexity index is 602. The summed E-state index contributed by atoms with van der Waals surface area (Å²) in [6.07, 6.45) is 1.85. The van der Waals surface area contributed by atoms with Crippen molar-refractivity contribution in [2.45, 2.75) is 20.0 Å². The van der Waals surface area contributed by atoms with Gasteiger partial charge in [-0.2, -0.15) is 0 Å². The lowest BCUT2D eigenvalue weighted by molar-refractivity contribution is 0.718. The number of nitrogens with zero attached hydrogens (tertiary/aromatic N) is 2. The van der Waals surface area contributed by atoms with Crippen LogP contribution in [0.4, 0.5) is 5.82 Å². The van der Waals surface area contributed by atoms with Gasteiger partial charge in [-0.25, -0.2) is 4.98 Å². The zero-order chi connectivity index (χ0) is 15.2. The lowest BCUT2D eigenvalue weighted by Crippen LogP contribution is -2.22. The molecule has 0 saturated carbocycles. The normalized spacial score (nSPS) is 10.7. The van der Waals surface area contributed by atoms with E-state index in [9.17, 15) is 0 Å². The average molecular weight is 413 g/mol. The van der Waals surface area contributed by atoms with E-state index in [1.54, 1.807) is 0 Å². The number of pyridine rings is 1. The molecule has 1 aromatic heterocycles. The molecule has 2 rings (SSSR count). The summed E-state index contributed by atoms with van der Waals surface area (Å²) < 4.78 is 2.11. The number of rotatable bonds is 6. The molecule has 0 fully saturated rings. The Hall–Kier alpha value is -0.910. The molecule has 21 heavy (non-hydrogen) atoms. The quantitative estimate of drug-likeness (QED) is 0.764. The van der Waals surface area contributed by atoms with E-state index in [2.05, 4.69) is 85.3 Å². The molecule has 0 aliphatic heterocycles. The summed E-state index contributed by atoms with van der Waals surface area (Å²) in [5, 5.41) is 3.37. The highest BCUT2D eigenvalue weighted by atomic mass is 79.9. The van der Waals surface area contributed by atoms with Crippen LogP contribution < -0.4 is 10.2 Å². The van der Waals surface area contributed by atoms with Crippen molar-refractivity contribution in [3.8, 4) is 0 Å². The molecule has 0 unspecified atom stereocenters. The van der Waals surface area contributed by atoms with E-state index in [1.807, 2.05) is 12.3 Å². The number of benzene rings is 1. The first-order valence-electron chi connectivity index (χ1n) is 6.91. The van der Waals surface area contributed by atoms with Crippen LogP contribution >= 0.6 is 31.9 Å². The maximum atomic E-state index is 4.58. The number of hydrogen-bond donors (Lipinski definition) is 1. The lowest BCUT2D eigenvalue weighted by atomic mass is 10.2. The largest absolute Gasteiger partial charge is 0.355 e. The van der Waals surface area contributed by atoms with Crippen LogP contribution in [0.5, 0.6) is 0 Å². The number of hydrogen-bond acceptors (Lipinski definition) is 3.